The van der Waals surface area contributed by atoms with Crippen molar-refractivity contribution in [2.75, 3.05) is 6.61 Å². The summed E-state index contributed by atoms with van der Waals surface area (Å²) in [5.74, 6) is -0.258. The van der Waals surface area contributed by atoms with Gasteiger partial charge in [0.05, 0.1) is 23.7 Å². The molecule has 0 aliphatic carbocycles. The van der Waals surface area contributed by atoms with Crippen LogP contribution in [-0.4, -0.2) is 33.1 Å². The zero-order valence-corrected chi connectivity index (χ0v) is 21.1. The fourth-order valence-electron chi connectivity index (χ4n) is 5.97. The molecule has 1 aromatic heterocycles. The van der Waals surface area contributed by atoms with Gasteiger partial charge >= 0.3 is 0 Å². The number of imide groups is 1. The summed E-state index contributed by atoms with van der Waals surface area (Å²) in [4.78, 5) is 29.1. The molecule has 2 amide bonds. The third-order valence-corrected chi connectivity index (χ3v) is 7.83. The molecule has 188 valence electrons. The molecule has 6 heteroatoms. The highest BCUT2D eigenvalue weighted by Gasteiger charge is 2.53. The lowest BCUT2D eigenvalue weighted by molar-refractivity contribution is -0.140. The minimum absolute atomic E-state index is 0.0640. The topological polar surface area (TPSA) is 64.4 Å². The molecule has 0 N–H and O–H groups in total. The van der Waals surface area contributed by atoms with E-state index in [1.54, 1.807) is 0 Å². The molecule has 0 saturated carbocycles. The number of hydrogen-bond donors (Lipinski definition) is 0. The van der Waals surface area contributed by atoms with Crippen LogP contribution < -0.4 is 0 Å². The average molecular weight is 494 g/mol. The SMILES string of the molecule is Cc1cc2c(cnn2C2CCCCO2)cc1C1(Cc2ccccc2)CC(=O)N(Cc2ccccc2)C1=O. The number of amides is 2. The van der Waals surface area contributed by atoms with Gasteiger partial charge in [-0.3, -0.25) is 14.5 Å². The van der Waals surface area contributed by atoms with Crippen LogP contribution in [0.3, 0.4) is 0 Å². The molecule has 0 bridgehead atoms. The first-order chi connectivity index (χ1) is 18.0. The molecular formula is C31H31N3O3. The first-order valence-corrected chi connectivity index (χ1v) is 13.1. The predicted octanol–water partition coefficient (Wildman–Crippen LogP) is 5.48. The number of carbonyl (C=O) groups excluding carboxylic acids is 2. The normalized spacial score (nSPS) is 22.2. The van der Waals surface area contributed by atoms with Gasteiger partial charge < -0.3 is 4.74 Å². The van der Waals surface area contributed by atoms with Crippen LogP contribution >= 0.6 is 0 Å². The predicted molar refractivity (Wildman–Crippen MR) is 142 cm³/mol. The van der Waals surface area contributed by atoms with E-state index in [9.17, 15) is 9.59 Å². The number of hydrogen-bond acceptors (Lipinski definition) is 4. The Bertz CT molecular complexity index is 1440. The molecule has 2 aliphatic rings. The van der Waals surface area contributed by atoms with Crippen LogP contribution in [0, 0.1) is 6.92 Å². The standard InChI is InChI=1S/C31H31N3O3/c1-22-16-27-25(20-32-34(27)29-14-8-9-15-37-29)17-26(22)31(18-23-10-4-2-5-11-23)19-28(35)33(30(31)36)21-24-12-6-3-7-13-24/h2-7,10-13,16-17,20,29H,8-9,14-15,18-19,21H2,1H3. The maximum atomic E-state index is 14.3. The first-order valence-electron chi connectivity index (χ1n) is 13.1. The van der Waals surface area contributed by atoms with Crippen LogP contribution in [0.15, 0.2) is 79.0 Å². The monoisotopic (exact) mass is 493 g/mol. The van der Waals surface area contributed by atoms with Gasteiger partial charge in [-0.2, -0.15) is 5.10 Å². The van der Waals surface area contributed by atoms with Crippen LogP contribution in [0.2, 0.25) is 0 Å². The Kier molecular flexibility index (Phi) is 6.13. The third-order valence-electron chi connectivity index (χ3n) is 7.83. The fourth-order valence-corrected chi connectivity index (χ4v) is 5.97. The molecule has 6 nitrogen and oxygen atoms in total. The van der Waals surface area contributed by atoms with E-state index in [1.165, 1.54) is 4.90 Å². The van der Waals surface area contributed by atoms with E-state index >= 15 is 0 Å². The molecule has 37 heavy (non-hydrogen) atoms. The van der Waals surface area contributed by atoms with Crippen LogP contribution in [-0.2, 0) is 32.7 Å². The summed E-state index contributed by atoms with van der Waals surface area (Å²) in [6.45, 7) is 3.07. The molecule has 2 saturated heterocycles. The van der Waals surface area contributed by atoms with Gasteiger partial charge in [0.25, 0.3) is 0 Å². The second-order valence-electron chi connectivity index (χ2n) is 10.3. The van der Waals surface area contributed by atoms with Gasteiger partial charge in [0.15, 0.2) is 6.23 Å². The van der Waals surface area contributed by atoms with Gasteiger partial charge in [0, 0.05) is 18.4 Å². The van der Waals surface area contributed by atoms with Crippen molar-refractivity contribution in [3.05, 3.63) is 101 Å². The Balaban J connectivity index is 1.44. The van der Waals surface area contributed by atoms with Crippen LogP contribution in [0.25, 0.3) is 10.9 Å². The van der Waals surface area contributed by atoms with E-state index in [1.807, 2.05) is 78.5 Å². The van der Waals surface area contributed by atoms with Gasteiger partial charge in [0.1, 0.15) is 0 Å². The molecule has 2 aliphatic heterocycles. The van der Waals surface area contributed by atoms with E-state index < -0.39 is 5.41 Å². The Labute approximate surface area is 216 Å². The van der Waals surface area contributed by atoms with Gasteiger partial charge in [-0.25, -0.2) is 4.68 Å². The maximum absolute atomic E-state index is 14.3. The summed E-state index contributed by atoms with van der Waals surface area (Å²) in [6, 6.07) is 23.9. The number of aromatic nitrogens is 2. The van der Waals surface area contributed by atoms with Crippen LogP contribution in [0.4, 0.5) is 0 Å². The lowest BCUT2D eigenvalue weighted by Gasteiger charge is -2.30. The summed E-state index contributed by atoms with van der Waals surface area (Å²) in [6.07, 6.45) is 5.56. The highest BCUT2D eigenvalue weighted by molar-refractivity contribution is 6.09. The van der Waals surface area contributed by atoms with E-state index in [-0.39, 0.29) is 31.0 Å². The molecule has 3 aromatic carbocycles. The molecule has 2 atom stereocenters. The number of carbonyl (C=O) groups is 2. The summed E-state index contributed by atoms with van der Waals surface area (Å²) in [5.41, 5.74) is 3.91. The van der Waals surface area contributed by atoms with Crippen molar-refractivity contribution >= 4 is 22.7 Å². The smallest absolute Gasteiger partial charge is 0.241 e. The van der Waals surface area contributed by atoms with Crippen molar-refractivity contribution in [2.45, 2.75) is 57.2 Å². The lowest BCUT2D eigenvalue weighted by Crippen LogP contribution is -2.40. The third kappa shape index (κ3) is 4.25. The molecule has 0 spiro atoms. The minimum Gasteiger partial charge on any atom is -0.356 e. The van der Waals surface area contributed by atoms with Crippen molar-refractivity contribution in [1.82, 2.24) is 14.7 Å². The number of ether oxygens (including phenoxy) is 1. The Morgan fingerprint density at radius 1 is 0.973 bits per heavy atom. The largest absolute Gasteiger partial charge is 0.356 e. The number of fused-ring (bicyclic) bond motifs is 1. The number of benzene rings is 3. The zero-order chi connectivity index (χ0) is 25.4. The van der Waals surface area contributed by atoms with Crippen LogP contribution in [0.5, 0.6) is 0 Å². The quantitative estimate of drug-likeness (QED) is 0.334. The fraction of sp³-hybridized carbons (Fsp3) is 0.323. The molecule has 4 aromatic rings. The lowest BCUT2D eigenvalue weighted by atomic mass is 9.72. The Morgan fingerprint density at radius 3 is 2.41 bits per heavy atom. The van der Waals surface area contributed by atoms with Crippen molar-refractivity contribution in [3.63, 3.8) is 0 Å². The Hall–Kier alpha value is -3.77. The Morgan fingerprint density at radius 2 is 1.70 bits per heavy atom. The van der Waals surface area contributed by atoms with Crippen LogP contribution in [0.1, 0.15) is 54.2 Å². The van der Waals surface area contributed by atoms with E-state index in [0.29, 0.717) is 6.42 Å². The minimum atomic E-state index is -0.963. The van der Waals surface area contributed by atoms with E-state index in [4.69, 9.17) is 4.74 Å². The molecular weight excluding hydrogens is 462 g/mol. The number of nitrogens with zero attached hydrogens (tertiary/aromatic N) is 3. The van der Waals surface area contributed by atoms with E-state index in [0.717, 1.165) is 59.0 Å². The number of rotatable bonds is 6. The highest BCUT2D eigenvalue weighted by Crippen LogP contribution is 2.43. The molecule has 0 radical (unpaired) electrons. The molecule has 2 unspecified atom stereocenters. The van der Waals surface area contributed by atoms with Crippen molar-refractivity contribution in [3.8, 4) is 0 Å². The second-order valence-corrected chi connectivity index (χ2v) is 10.3. The summed E-state index contributed by atoms with van der Waals surface area (Å²) >= 11 is 0. The molecule has 6 rings (SSSR count). The molecule has 2 fully saturated rings. The zero-order valence-electron chi connectivity index (χ0n) is 21.1. The maximum Gasteiger partial charge on any atom is 0.241 e. The van der Waals surface area contributed by atoms with Gasteiger partial charge in [-0.15, -0.1) is 0 Å². The van der Waals surface area contributed by atoms with Crippen molar-refractivity contribution in [1.29, 1.82) is 0 Å². The van der Waals surface area contributed by atoms with Crippen molar-refractivity contribution in [2.24, 2.45) is 0 Å². The number of aryl methyl sites for hydroxylation is 1. The summed E-state index contributed by atoms with van der Waals surface area (Å²) < 4.78 is 7.97. The summed E-state index contributed by atoms with van der Waals surface area (Å²) in [7, 11) is 0. The van der Waals surface area contributed by atoms with E-state index in [2.05, 4.69) is 17.2 Å². The van der Waals surface area contributed by atoms with Gasteiger partial charge in [0.2, 0.25) is 11.8 Å². The second kappa shape index (κ2) is 9.60. The summed E-state index contributed by atoms with van der Waals surface area (Å²) in [5, 5.41) is 5.63. The van der Waals surface area contributed by atoms with Crippen molar-refractivity contribution < 1.29 is 14.3 Å². The number of likely N-dealkylation sites (tertiary alicyclic amines) is 1. The van der Waals surface area contributed by atoms with Gasteiger partial charge in [-0.05, 0) is 67.0 Å². The first kappa shape index (κ1) is 23.6. The highest BCUT2D eigenvalue weighted by atomic mass is 16.5. The average Bonchev–Trinajstić information content (AvgIpc) is 3.44. The van der Waals surface area contributed by atoms with Gasteiger partial charge in [-0.1, -0.05) is 60.7 Å². The molecule has 3 heterocycles.